The fourth-order valence-electron chi connectivity index (χ4n) is 2.34. The SMILES string of the molecule is CNS(=O)(=O)c1cccc(C(=O)OCC(=O)NC[C@H](C)c2ccccc2)c1. The maximum Gasteiger partial charge on any atom is 0.338 e. The molecule has 2 aromatic rings. The molecule has 0 fully saturated rings. The van der Waals surface area contributed by atoms with Gasteiger partial charge in [0.2, 0.25) is 10.0 Å². The van der Waals surface area contributed by atoms with Crippen LogP contribution in [0.1, 0.15) is 28.8 Å². The van der Waals surface area contributed by atoms with Crippen molar-refractivity contribution in [3.05, 3.63) is 65.7 Å². The molecule has 0 spiro atoms. The van der Waals surface area contributed by atoms with Crippen LogP contribution in [0.25, 0.3) is 0 Å². The van der Waals surface area contributed by atoms with E-state index in [-0.39, 0.29) is 16.4 Å². The molecule has 144 valence electrons. The van der Waals surface area contributed by atoms with E-state index >= 15 is 0 Å². The monoisotopic (exact) mass is 390 g/mol. The van der Waals surface area contributed by atoms with Gasteiger partial charge in [0, 0.05) is 6.54 Å². The quantitative estimate of drug-likeness (QED) is 0.668. The zero-order valence-corrected chi connectivity index (χ0v) is 16.0. The average Bonchev–Trinajstić information content (AvgIpc) is 2.70. The maximum atomic E-state index is 12.1. The van der Waals surface area contributed by atoms with Crippen LogP contribution in [0, 0.1) is 0 Å². The highest BCUT2D eigenvalue weighted by molar-refractivity contribution is 7.89. The van der Waals surface area contributed by atoms with Crippen LogP contribution in [-0.2, 0) is 19.6 Å². The van der Waals surface area contributed by atoms with Crippen molar-refractivity contribution in [2.45, 2.75) is 17.7 Å². The zero-order valence-electron chi connectivity index (χ0n) is 15.1. The van der Waals surface area contributed by atoms with Gasteiger partial charge in [-0.1, -0.05) is 43.3 Å². The Bertz CT molecular complexity index is 897. The number of ether oxygens (including phenoxy) is 1. The van der Waals surface area contributed by atoms with Crippen molar-refractivity contribution in [2.24, 2.45) is 0 Å². The van der Waals surface area contributed by atoms with Gasteiger partial charge >= 0.3 is 5.97 Å². The van der Waals surface area contributed by atoms with Gasteiger partial charge in [0.05, 0.1) is 10.5 Å². The van der Waals surface area contributed by atoms with E-state index in [2.05, 4.69) is 10.0 Å². The smallest absolute Gasteiger partial charge is 0.338 e. The molecule has 2 aromatic carbocycles. The zero-order chi connectivity index (χ0) is 19.9. The number of amides is 1. The first-order valence-corrected chi connectivity index (χ1v) is 9.84. The molecule has 8 heteroatoms. The highest BCUT2D eigenvalue weighted by Gasteiger charge is 2.16. The van der Waals surface area contributed by atoms with E-state index in [9.17, 15) is 18.0 Å². The van der Waals surface area contributed by atoms with Crippen LogP contribution < -0.4 is 10.0 Å². The standard InChI is InChI=1S/C19H22N2O5S/c1-14(15-7-4-3-5-8-15)12-21-18(22)13-26-19(23)16-9-6-10-17(11-16)27(24,25)20-2/h3-11,14,20H,12-13H2,1-2H3,(H,21,22)/t14-/m0/s1. The summed E-state index contributed by atoms with van der Waals surface area (Å²) in [6.45, 7) is 1.95. The molecular weight excluding hydrogens is 368 g/mol. The van der Waals surface area contributed by atoms with Crippen LogP contribution in [0.5, 0.6) is 0 Å². The van der Waals surface area contributed by atoms with Gasteiger partial charge in [0.1, 0.15) is 0 Å². The molecular formula is C19H22N2O5S. The van der Waals surface area contributed by atoms with Crippen molar-refractivity contribution in [1.29, 1.82) is 0 Å². The lowest BCUT2D eigenvalue weighted by atomic mass is 10.0. The van der Waals surface area contributed by atoms with Crippen LogP contribution in [0.3, 0.4) is 0 Å². The Labute approximate surface area is 158 Å². The number of nitrogens with one attached hydrogen (secondary N) is 2. The van der Waals surface area contributed by atoms with Crippen LogP contribution in [-0.4, -0.2) is 40.5 Å². The average molecular weight is 390 g/mol. The number of hydrogen-bond donors (Lipinski definition) is 2. The van der Waals surface area contributed by atoms with Crippen molar-refractivity contribution in [1.82, 2.24) is 10.0 Å². The minimum absolute atomic E-state index is 0.0526. The summed E-state index contributed by atoms with van der Waals surface area (Å²) in [4.78, 5) is 23.9. The van der Waals surface area contributed by atoms with Gasteiger partial charge in [0.25, 0.3) is 5.91 Å². The molecule has 0 aromatic heterocycles. The molecule has 0 aliphatic heterocycles. The Morgan fingerprint density at radius 2 is 1.78 bits per heavy atom. The molecule has 0 radical (unpaired) electrons. The third kappa shape index (κ3) is 5.90. The lowest BCUT2D eigenvalue weighted by molar-refractivity contribution is -0.124. The normalized spacial score (nSPS) is 12.2. The maximum absolute atomic E-state index is 12.1. The van der Waals surface area contributed by atoms with Gasteiger partial charge in [-0.15, -0.1) is 0 Å². The second kappa shape index (κ2) is 9.29. The Hall–Kier alpha value is -2.71. The van der Waals surface area contributed by atoms with Crippen LogP contribution in [0.2, 0.25) is 0 Å². The summed E-state index contributed by atoms with van der Waals surface area (Å²) in [6.07, 6.45) is 0. The van der Waals surface area contributed by atoms with E-state index in [4.69, 9.17) is 4.74 Å². The molecule has 7 nitrogen and oxygen atoms in total. The van der Waals surface area contributed by atoms with Crippen molar-refractivity contribution < 1.29 is 22.7 Å². The fraction of sp³-hybridized carbons (Fsp3) is 0.263. The van der Waals surface area contributed by atoms with Crippen molar-refractivity contribution in [2.75, 3.05) is 20.2 Å². The molecule has 0 aliphatic carbocycles. The molecule has 2 rings (SSSR count). The first-order valence-electron chi connectivity index (χ1n) is 8.36. The van der Waals surface area contributed by atoms with Gasteiger partial charge in [-0.2, -0.15) is 0 Å². The molecule has 0 unspecified atom stereocenters. The third-order valence-corrected chi connectivity index (χ3v) is 5.37. The number of sulfonamides is 1. The summed E-state index contributed by atoms with van der Waals surface area (Å²) < 4.78 is 30.7. The number of benzene rings is 2. The van der Waals surface area contributed by atoms with Crippen molar-refractivity contribution in [3.63, 3.8) is 0 Å². The van der Waals surface area contributed by atoms with E-state index in [0.717, 1.165) is 5.56 Å². The van der Waals surface area contributed by atoms with Crippen LogP contribution in [0.4, 0.5) is 0 Å². The molecule has 0 saturated carbocycles. The lowest BCUT2D eigenvalue weighted by Gasteiger charge is -2.13. The fourth-order valence-corrected chi connectivity index (χ4v) is 3.12. The minimum Gasteiger partial charge on any atom is -0.452 e. The molecule has 0 bridgehead atoms. The Balaban J connectivity index is 1.86. The first kappa shape index (κ1) is 20.6. The molecule has 0 saturated heterocycles. The van der Waals surface area contributed by atoms with Gasteiger partial charge in [-0.3, -0.25) is 4.79 Å². The number of carbonyl (C=O) groups is 2. The largest absolute Gasteiger partial charge is 0.452 e. The summed E-state index contributed by atoms with van der Waals surface area (Å²) >= 11 is 0. The van der Waals surface area contributed by atoms with E-state index < -0.39 is 28.5 Å². The molecule has 0 aliphatic rings. The van der Waals surface area contributed by atoms with Crippen LogP contribution >= 0.6 is 0 Å². The number of hydrogen-bond acceptors (Lipinski definition) is 5. The second-order valence-electron chi connectivity index (χ2n) is 5.93. The van der Waals surface area contributed by atoms with Gasteiger partial charge in [-0.05, 0) is 36.7 Å². The minimum atomic E-state index is -3.67. The number of esters is 1. The summed E-state index contributed by atoms with van der Waals surface area (Å²) in [7, 11) is -2.39. The molecule has 27 heavy (non-hydrogen) atoms. The third-order valence-electron chi connectivity index (χ3n) is 3.96. The van der Waals surface area contributed by atoms with Gasteiger partial charge in [-0.25, -0.2) is 17.9 Å². The second-order valence-corrected chi connectivity index (χ2v) is 7.81. The highest BCUT2D eigenvalue weighted by atomic mass is 32.2. The Kier molecular flexibility index (Phi) is 7.09. The first-order chi connectivity index (χ1) is 12.8. The summed E-state index contributed by atoms with van der Waals surface area (Å²) in [5, 5.41) is 2.71. The van der Waals surface area contributed by atoms with Crippen molar-refractivity contribution in [3.8, 4) is 0 Å². The van der Waals surface area contributed by atoms with E-state index in [1.54, 1.807) is 0 Å². The summed E-state index contributed by atoms with van der Waals surface area (Å²) in [5.74, 6) is -1.08. The molecule has 2 N–H and O–H groups in total. The predicted molar refractivity (Wildman–Crippen MR) is 101 cm³/mol. The molecule has 1 amide bonds. The number of rotatable bonds is 8. The predicted octanol–water partition coefficient (Wildman–Crippen LogP) is 1.67. The van der Waals surface area contributed by atoms with Crippen molar-refractivity contribution >= 4 is 21.9 Å². The molecule has 1 atom stereocenters. The van der Waals surface area contributed by atoms with E-state index in [0.29, 0.717) is 6.54 Å². The van der Waals surface area contributed by atoms with Gasteiger partial charge in [0.15, 0.2) is 6.61 Å². The summed E-state index contributed by atoms with van der Waals surface area (Å²) in [5.41, 5.74) is 1.15. The van der Waals surface area contributed by atoms with Gasteiger partial charge < -0.3 is 10.1 Å². The Morgan fingerprint density at radius 3 is 2.44 bits per heavy atom. The van der Waals surface area contributed by atoms with E-state index in [1.807, 2.05) is 37.3 Å². The Morgan fingerprint density at radius 1 is 1.07 bits per heavy atom. The van der Waals surface area contributed by atoms with Crippen LogP contribution in [0.15, 0.2) is 59.5 Å². The highest BCUT2D eigenvalue weighted by Crippen LogP contribution is 2.13. The summed E-state index contributed by atoms with van der Waals surface area (Å²) in [6, 6.07) is 15.1. The lowest BCUT2D eigenvalue weighted by Crippen LogP contribution is -2.31. The topological polar surface area (TPSA) is 102 Å². The number of carbonyl (C=O) groups excluding carboxylic acids is 2. The van der Waals surface area contributed by atoms with E-state index in [1.165, 1.54) is 31.3 Å². The molecule has 0 heterocycles.